The largest absolute Gasteiger partial charge is 0.378 e. The third-order valence-corrected chi connectivity index (χ3v) is 16.3. The van der Waals surface area contributed by atoms with Gasteiger partial charge in [0.2, 0.25) is 0 Å². The predicted octanol–water partition coefficient (Wildman–Crippen LogP) is 11.9. The van der Waals surface area contributed by atoms with E-state index >= 15 is 0 Å². The van der Waals surface area contributed by atoms with Gasteiger partial charge in [0.25, 0.3) is 0 Å². The molecule has 59 heavy (non-hydrogen) atoms. The van der Waals surface area contributed by atoms with Crippen molar-refractivity contribution in [3.63, 3.8) is 0 Å². The van der Waals surface area contributed by atoms with E-state index in [1.165, 1.54) is 98.6 Å². The van der Waals surface area contributed by atoms with Crippen molar-refractivity contribution in [2.75, 3.05) is 7.05 Å². The molecule has 4 nitrogen and oxygen atoms in total. The van der Waals surface area contributed by atoms with Gasteiger partial charge in [-0.15, -0.1) is 0 Å². The molecule has 0 bridgehead atoms. The standard InChI is InChI=1S/C55H70N4/c1-37-18-17-25-41(32-37)50-34-43(38-19-7-4-8-20-38)35-51(56-50)46-30-29-42(33-47(46)48-36-44-26-15-16-31-55(44,2)49-28-14-13-27-45(48)49)52-57-53(39-21-9-5-10-22-39)59(3)54(58-52)40-23-11-6-12-24-40/h5,7,9,11,13,15,17-20,23,25-27,30,33-35,39-42,44,48,50,52-54,56-58H,4,6,8,10,12,14,16,21-22,24,28-29,31-32,36H2,1-3H3. The van der Waals surface area contributed by atoms with Gasteiger partial charge in [0.05, 0.1) is 24.5 Å². The maximum Gasteiger partial charge on any atom is 0.0683 e. The summed E-state index contributed by atoms with van der Waals surface area (Å²) >= 11 is 0. The van der Waals surface area contributed by atoms with Crippen LogP contribution in [0.1, 0.15) is 110 Å². The molecule has 10 aliphatic rings. The summed E-state index contributed by atoms with van der Waals surface area (Å²) in [7, 11) is 2.39. The minimum atomic E-state index is 0.213. The Balaban J connectivity index is 1.06. The van der Waals surface area contributed by atoms with Crippen LogP contribution in [0, 0.1) is 40.9 Å². The Kier molecular flexibility index (Phi) is 11.4. The van der Waals surface area contributed by atoms with Gasteiger partial charge in [0, 0.05) is 29.4 Å². The van der Waals surface area contributed by atoms with Crippen LogP contribution in [-0.2, 0) is 0 Å². The molecule has 10 rings (SSSR count). The summed E-state index contributed by atoms with van der Waals surface area (Å²) in [5, 5.41) is 12.9. The molecule has 0 amide bonds. The van der Waals surface area contributed by atoms with Crippen LogP contribution in [0.2, 0.25) is 0 Å². The lowest BCUT2D eigenvalue weighted by atomic mass is 9.54. The number of fused-ring (bicyclic) bond motifs is 2. The van der Waals surface area contributed by atoms with E-state index in [1.807, 2.05) is 0 Å². The van der Waals surface area contributed by atoms with Gasteiger partial charge in [0.1, 0.15) is 0 Å². The Bertz CT molecular complexity index is 2050. The van der Waals surface area contributed by atoms with Crippen LogP contribution in [0.25, 0.3) is 0 Å². The van der Waals surface area contributed by atoms with E-state index in [0.717, 1.165) is 25.7 Å². The molecule has 3 N–H and O–H groups in total. The fourth-order valence-corrected chi connectivity index (χ4v) is 13.0. The molecule has 2 aliphatic heterocycles. The first-order valence-electron chi connectivity index (χ1n) is 23.9. The van der Waals surface area contributed by atoms with Crippen LogP contribution in [0.3, 0.4) is 0 Å². The normalized spacial score (nSPS) is 39.6. The van der Waals surface area contributed by atoms with Crippen molar-refractivity contribution in [1.29, 1.82) is 0 Å². The predicted molar refractivity (Wildman–Crippen MR) is 247 cm³/mol. The first-order valence-corrected chi connectivity index (χ1v) is 23.9. The summed E-state index contributed by atoms with van der Waals surface area (Å²) in [6.07, 6.45) is 63.6. The molecule has 2 heterocycles. The number of allylic oxidation sites excluding steroid dienone is 20. The number of nitrogens with zero attached hydrogens (tertiary/aromatic N) is 1. The average Bonchev–Trinajstić information content (AvgIpc) is 3.29. The quantitative estimate of drug-likeness (QED) is 0.225. The summed E-state index contributed by atoms with van der Waals surface area (Å²) in [5.41, 5.74) is 12.3. The molecule has 11 atom stereocenters. The zero-order valence-electron chi connectivity index (χ0n) is 36.2. The molecular formula is C55H70N4. The van der Waals surface area contributed by atoms with Crippen molar-refractivity contribution >= 4 is 0 Å². The minimum Gasteiger partial charge on any atom is -0.378 e. The Morgan fingerprint density at radius 1 is 0.763 bits per heavy atom. The van der Waals surface area contributed by atoms with Crippen LogP contribution < -0.4 is 16.0 Å². The smallest absolute Gasteiger partial charge is 0.0683 e. The molecule has 0 radical (unpaired) electrons. The highest BCUT2D eigenvalue weighted by atomic mass is 15.4. The summed E-state index contributed by atoms with van der Waals surface area (Å²) < 4.78 is 0. The van der Waals surface area contributed by atoms with Gasteiger partial charge in [-0.1, -0.05) is 121 Å². The number of nitrogens with one attached hydrogen (secondary N) is 3. The summed E-state index contributed by atoms with van der Waals surface area (Å²) in [6, 6.07) is 0.244. The van der Waals surface area contributed by atoms with E-state index in [0.29, 0.717) is 47.8 Å². The number of hydrogen-bond donors (Lipinski definition) is 3. The molecule has 0 aromatic carbocycles. The maximum atomic E-state index is 4.32. The first kappa shape index (κ1) is 39.4. The van der Waals surface area contributed by atoms with Gasteiger partial charge in [-0.3, -0.25) is 15.5 Å². The zero-order chi connectivity index (χ0) is 39.9. The minimum absolute atomic E-state index is 0.213. The second kappa shape index (κ2) is 17.0. The van der Waals surface area contributed by atoms with E-state index in [9.17, 15) is 0 Å². The van der Waals surface area contributed by atoms with Gasteiger partial charge < -0.3 is 5.32 Å². The van der Waals surface area contributed by atoms with Crippen molar-refractivity contribution in [1.82, 2.24) is 20.9 Å². The highest BCUT2D eigenvalue weighted by molar-refractivity contribution is 5.61. The summed E-state index contributed by atoms with van der Waals surface area (Å²) in [5.74, 6) is 2.92. The molecule has 0 aromatic heterocycles. The topological polar surface area (TPSA) is 39.3 Å². The molecular weight excluding hydrogens is 717 g/mol. The van der Waals surface area contributed by atoms with Crippen LogP contribution in [0.15, 0.2) is 154 Å². The molecule has 0 saturated carbocycles. The van der Waals surface area contributed by atoms with Crippen LogP contribution in [0.5, 0.6) is 0 Å². The number of rotatable bonds is 7. The molecule has 4 heteroatoms. The molecule has 1 fully saturated rings. The lowest BCUT2D eigenvalue weighted by molar-refractivity contribution is -0.0203. The van der Waals surface area contributed by atoms with Crippen molar-refractivity contribution in [3.05, 3.63) is 154 Å². The molecule has 8 aliphatic carbocycles. The maximum absolute atomic E-state index is 4.32. The van der Waals surface area contributed by atoms with Gasteiger partial charge in [-0.2, -0.15) is 0 Å². The average molecular weight is 787 g/mol. The Morgan fingerprint density at radius 2 is 1.66 bits per heavy atom. The fraction of sp³-hybridized carbons (Fsp3) is 0.527. The Hall–Kier alpha value is -3.70. The Labute approximate surface area is 356 Å². The van der Waals surface area contributed by atoms with Crippen molar-refractivity contribution in [3.8, 4) is 0 Å². The van der Waals surface area contributed by atoms with Gasteiger partial charge in [-0.05, 0) is 161 Å². The van der Waals surface area contributed by atoms with Gasteiger partial charge in [-0.25, -0.2) is 0 Å². The van der Waals surface area contributed by atoms with E-state index in [1.54, 1.807) is 16.7 Å². The SMILES string of the molecule is CC1=CC=CC(C2C=C(C3=CCCC=C3)C=C(C3=CCC(C4NC(C5C=CCCC5)N(C)C(C5CC=CCC5)N4)C=C3C3CC4C=CCCC4(C)C4=C3C=CCC4)N2)C1. The highest BCUT2D eigenvalue weighted by Crippen LogP contribution is 2.58. The summed E-state index contributed by atoms with van der Waals surface area (Å²) in [4.78, 5) is 2.69. The third kappa shape index (κ3) is 7.77. The van der Waals surface area contributed by atoms with Gasteiger partial charge >= 0.3 is 0 Å². The fourth-order valence-electron chi connectivity index (χ4n) is 13.0. The Morgan fingerprint density at radius 3 is 2.49 bits per heavy atom. The van der Waals surface area contributed by atoms with Crippen molar-refractivity contribution in [2.24, 2.45) is 40.9 Å². The zero-order valence-corrected chi connectivity index (χ0v) is 36.2. The van der Waals surface area contributed by atoms with Crippen LogP contribution in [0.4, 0.5) is 0 Å². The molecule has 310 valence electrons. The van der Waals surface area contributed by atoms with E-state index in [4.69, 9.17) is 0 Å². The van der Waals surface area contributed by atoms with E-state index < -0.39 is 0 Å². The van der Waals surface area contributed by atoms with Crippen molar-refractivity contribution < 1.29 is 0 Å². The van der Waals surface area contributed by atoms with Gasteiger partial charge in [0.15, 0.2) is 0 Å². The molecule has 0 spiro atoms. The monoisotopic (exact) mass is 787 g/mol. The molecule has 1 saturated heterocycles. The van der Waals surface area contributed by atoms with Crippen LogP contribution >= 0.6 is 0 Å². The third-order valence-electron chi connectivity index (χ3n) is 16.3. The second-order valence-corrected chi connectivity index (χ2v) is 20.0. The lowest BCUT2D eigenvalue weighted by Crippen LogP contribution is -2.72. The van der Waals surface area contributed by atoms with Crippen molar-refractivity contribution in [2.45, 2.75) is 135 Å². The molecule has 11 unspecified atom stereocenters. The first-order chi connectivity index (χ1) is 28.9. The highest BCUT2D eigenvalue weighted by Gasteiger charge is 2.47. The second-order valence-electron chi connectivity index (χ2n) is 20.0. The van der Waals surface area contributed by atoms with E-state index in [2.05, 4.69) is 151 Å². The lowest BCUT2D eigenvalue weighted by Gasteiger charge is -2.52. The number of hydrogen-bond acceptors (Lipinski definition) is 4. The summed E-state index contributed by atoms with van der Waals surface area (Å²) in [6.45, 7) is 4.91. The number of dihydropyridines is 1. The van der Waals surface area contributed by atoms with E-state index in [-0.39, 0.29) is 17.6 Å². The van der Waals surface area contributed by atoms with Crippen LogP contribution in [-0.4, -0.2) is 36.5 Å². The molecule has 0 aromatic rings.